The van der Waals surface area contributed by atoms with Crippen molar-refractivity contribution in [2.24, 2.45) is 0 Å². The first kappa shape index (κ1) is 16.7. The van der Waals surface area contributed by atoms with Gasteiger partial charge in [0.2, 0.25) is 17.7 Å². The van der Waals surface area contributed by atoms with Crippen LogP contribution in [-0.2, 0) is 24.8 Å². The summed E-state index contributed by atoms with van der Waals surface area (Å²) in [5.74, 6) is -4.80. The van der Waals surface area contributed by atoms with Crippen molar-refractivity contribution in [2.75, 3.05) is 0 Å². The summed E-state index contributed by atoms with van der Waals surface area (Å²) in [6.45, 7) is 1.95. The highest BCUT2D eigenvalue weighted by atomic mass is 16.6. The Bertz CT molecular complexity index is 652. The molecule has 0 radical (unpaired) electrons. The Hall–Kier alpha value is -2.71. The third-order valence-corrected chi connectivity index (χ3v) is 3.57. The summed E-state index contributed by atoms with van der Waals surface area (Å²) in [5, 5.41) is 31.1. The number of aromatic nitrogens is 1. The number of nitrogens with zero attached hydrogens (tertiary/aromatic N) is 1. The van der Waals surface area contributed by atoms with Crippen molar-refractivity contribution in [1.29, 1.82) is 0 Å². The Morgan fingerprint density at radius 3 is 2.52 bits per heavy atom. The summed E-state index contributed by atoms with van der Waals surface area (Å²) in [6.07, 6.45) is 1.61. The van der Waals surface area contributed by atoms with Crippen LogP contribution in [0.15, 0.2) is 6.07 Å². The molecule has 0 aliphatic carbocycles. The molecule has 2 amide bonds. The zero-order valence-electron chi connectivity index (χ0n) is 12.5. The molecule has 0 saturated carbocycles. The van der Waals surface area contributed by atoms with Gasteiger partial charge in [-0.25, -0.2) is 4.57 Å². The fraction of sp³-hybridized carbons (Fsp3) is 0.500. The SMILES string of the molecule is CCCCCC(=O)OC1(n2c(O)cc(O)c2O)CC(=O)NC1=O. The van der Waals surface area contributed by atoms with Gasteiger partial charge in [-0.2, -0.15) is 0 Å². The Kier molecular flexibility index (Phi) is 4.48. The van der Waals surface area contributed by atoms with Crippen molar-refractivity contribution in [3.63, 3.8) is 0 Å². The second kappa shape index (κ2) is 6.19. The third-order valence-electron chi connectivity index (χ3n) is 3.57. The fourth-order valence-corrected chi connectivity index (χ4v) is 2.46. The van der Waals surface area contributed by atoms with Gasteiger partial charge in [-0.05, 0) is 6.42 Å². The minimum atomic E-state index is -2.25. The van der Waals surface area contributed by atoms with E-state index >= 15 is 0 Å². The van der Waals surface area contributed by atoms with Gasteiger partial charge in [0.05, 0.1) is 6.42 Å². The van der Waals surface area contributed by atoms with E-state index in [1.54, 1.807) is 0 Å². The predicted molar refractivity (Wildman–Crippen MR) is 75.4 cm³/mol. The number of nitrogens with one attached hydrogen (secondary N) is 1. The van der Waals surface area contributed by atoms with E-state index in [0.29, 0.717) is 11.0 Å². The zero-order chi connectivity index (χ0) is 17.2. The number of unbranched alkanes of at least 4 members (excludes halogenated alkanes) is 2. The highest BCUT2D eigenvalue weighted by Crippen LogP contribution is 2.42. The standard InChI is InChI=1S/C14H18N2O7/c1-2-3-4-5-11(20)23-14(7-9(18)15-13(14)22)16-10(19)6-8(17)12(16)21/h6,17,19,21H,2-5,7H2,1H3,(H,15,18,22). The quantitative estimate of drug-likeness (QED) is 0.338. The summed E-state index contributed by atoms with van der Waals surface area (Å²) in [7, 11) is 0. The van der Waals surface area contributed by atoms with Crippen molar-refractivity contribution in [2.45, 2.75) is 44.8 Å². The minimum absolute atomic E-state index is 0.0197. The van der Waals surface area contributed by atoms with Gasteiger partial charge in [-0.15, -0.1) is 0 Å². The summed E-state index contributed by atoms with van der Waals surface area (Å²) < 4.78 is 5.68. The molecule has 1 saturated heterocycles. The lowest BCUT2D eigenvalue weighted by Gasteiger charge is -2.28. The smallest absolute Gasteiger partial charge is 0.308 e. The maximum Gasteiger partial charge on any atom is 0.308 e. The van der Waals surface area contributed by atoms with Crippen molar-refractivity contribution < 1.29 is 34.4 Å². The molecule has 2 heterocycles. The van der Waals surface area contributed by atoms with Crippen LogP contribution in [0.25, 0.3) is 0 Å². The summed E-state index contributed by atoms with van der Waals surface area (Å²) >= 11 is 0. The van der Waals surface area contributed by atoms with Crippen LogP contribution in [0.5, 0.6) is 17.5 Å². The third kappa shape index (κ3) is 2.94. The lowest BCUT2D eigenvalue weighted by Crippen LogP contribution is -2.44. The molecular weight excluding hydrogens is 308 g/mol. The van der Waals surface area contributed by atoms with Crippen LogP contribution >= 0.6 is 0 Å². The van der Waals surface area contributed by atoms with E-state index in [2.05, 4.69) is 0 Å². The van der Waals surface area contributed by atoms with Gasteiger partial charge < -0.3 is 20.1 Å². The second-order valence-electron chi connectivity index (χ2n) is 5.32. The maximum absolute atomic E-state index is 12.2. The maximum atomic E-state index is 12.2. The van der Waals surface area contributed by atoms with E-state index in [1.807, 2.05) is 12.2 Å². The molecule has 2 rings (SSSR count). The monoisotopic (exact) mass is 326 g/mol. The number of ether oxygens (including phenoxy) is 1. The minimum Gasteiger partial charge on any atom is -0.503 e. The number of carbonyl (C=O) groups is 3. The Balaban J connectivity index is 2.37. The van der Waals surface area contributed by atoms with Crippen LogP contribution in [0.2, 0.25) is 0 Å². The molecule has 1 aromatic heterocycles. The Morgan fingerprint density at radius 2 is 2.04 bits per heavy atom. The number of esters is 1. The van der Waals surface area contributed by atoms with Crippen LogP contribution in [0.1, 0.15) is 39.0 Å². The van der Waals surface area contributed by atoms with E-state index in [1.165, 1.54) is 0 Å². The summed E-state index contributed by atoms with van der Waals surface area (Å²) in [6, 6.07) is 0.776. The predicted octanol–water partition coefficient (Wildman–Crippen LogP) is 0.428. The van der Waals surface area contributed by atoms with Crippen molar-refractivity contribution >= 4 is 17.8 Å². The molecule has 0 bridgehead atoms. The van der Waals surface area contributed by atoms with Crippen LogP contribution < -0.4 is 5.32 Å². The molecule has 126 valence electrons. The number of imide groups is 1. The first-order valence-corrected chi connectivity index (χ1v) is 7.21. The molecule has 9 nitrogen and oxygen atoms in total. The van der Waals surface area contributed by atoms with Gasteiger partial charge in [0.15, 0.2) is 5.75 Å². The van der Waals surface area contributed by atoms with Gasteiger partial charge in [-0.3, -0.25) is 19.7 Å². The molecule has 1 aliphatic heterocycles. The first-order valence-electron chi connectivity index (χ1n) is 7.21. The molecule has 0 aromatic carbocycles. The van der Waals surface area contributed by atoms with Gasteiger partial charge in [0.1, 0.15) is 0 Å². The second-order valence-corrected chi connectivity index (χ2v) is 5.32. The fourth-order valence-electron chi connectivity index (χ4n) is 2.46. The van der Waals surface area contributed by atoms with Crippen LogP contribution in [0, 0.1) is 0 Å². The molecule has 9 heteroatoms. The highest BCUT2D eigenvalue weighted by Gasteiger charge is 2.54. The lowest BCUT2D eigenvalue weighted by molar-refractivity contribution is -0.179. The molecule has 0 spiro atoms. The summed E-state index contributed by atoms with van der Waals surface area (Å²) in [4.78, 5) is 35.7. The molecule has 4 N–H and O–H groups in total. The molecular formula is C14H18N2O7. The molecule has 23 heavy (non-hydrogen) atoms. The van der Waals surface area contributed by atoms with E-state index in [0.717, 1.165) is 18.9 Å². The topological polar surface area (TPSA) is 138 Å². The number of hydrogen-bond donors (Lipinski definition) is 4. The Labute approximate surface area is 131 Å². The van der Waals surface area contributed by atoms with E-state index in [4.69, 9.17) is 4.74 Å². The average molecular weight is 326 g/mol. The number of aromatic hydroxyl groups is 3. The van der Waals surface area contributed by atoms with E-state index < -0.39 is 47.4 Å². The van der Waals surface area contributed by atoms with Gasteiger partial charge in [0.25, 0.3) is 11.6 Å². The molecule has 1 unspecified atom stereocenters. The number of hydrogen-bond acceptors (Lipinski definition) is 7. The van der Waals surface area contributed by atoms with E-state index in [-0.39, 0.29) is 6.42 Å². The van der Waals surface area contributed by atoms with E-state index in [9.17, 15) is 29.7 Å². The molecule has 1 aromatic rings. The largest absolute Gasteiger partial charge is 0.503 e. The number of amides is 2. The highest BCUT2D eigenvalue weighted by molar-refractivity contribution is 6.07. The number of carbonyl (C=O) groups excluding carboxylic acids is 3. The normalized spacial score (nSPS) is 20.6. The van der Waals surface area contributed by atoms with Crippen molar-refractivity contribution in [1.82, 2.24) is 9.88 Å². The molecule has 1 aliphatic rings. The summed E-state index contributed by atoms with van der Waals surface area (Å²) in [5.41, 5.74) is -2.25. The molecule has 1 atom stereocenters. The van der Waals surface area contributed by atoms with Crippen molar-refractivity contribution in [3.8, 4) is 17.5 Å². The van der Waals surface area contributed by atoms with Gasteiger partial charge in [0, 0.05) is 12.5 Å². The van der Waals surface area contributed by atoms with Crippen LogP contribution in [0.3, 0.4) is 0 Å². The van der Waals surface area contributed by atoms with Crippen LogP contribution in [0.4, 0.5) is 0 Å². The first-order chi connectivity index (χ1) is 10.8. The van der Waals surface area contributed by atoms with Crippen molar-refractivity contribution in [3.05, 3.63) is 6.07 Å². The molecule has 1 fully saturated rings. The van der Waals surface area contributed by atoms with Crippen LogP contribution in [-0.4, -0.2) is 37.7 Å². The lowest BCUT2D eigenvalue weighted by atomic mass is 10.1. The van der Waals surface area contributed by atoms with Gasteiger partial charge >= 0.3 is 5.97 Å². The zero-order valence-corrected chi connectivity index (χ0v) is 12.5. The average Bonchev–Trinajstić information content (AvgIpc) is 2.87. The van der Waals surface area contributed by atoms with Gasteiger partial charge in [-0.1, -0.05) is 19.8 Å². The Morgan fingerprint density at radius 1 is 1.35 bits per heavy atom. The number of rotatable bonds is 6.